The highest BCUT2D eigenvalue weighted by Crippen LogP contribution is 2.25. The zero-order chi connectivity index (χ0) is 17.7. The van der Waals surface area contributed by atoms with Crippen LogP contribution in [-0.4, -0.2) is 54.2 Å². The van der Waals surface area contributed by atoms with E-state index in [1.807, 2.05) is 0 Å². The number of carbonyl (C=O) groups excluding carboxylic acids is 2. The fourth-order valence-electron chi connectivity index (χ4n) is 2.81. The molecule has 0 bridgehead atoms. The minimum Gasteiger partial charge on any atom is -0.481 e. The van der Waals surface area contributed by atoms with Gasteiger partial charge < -0.3 is 20.1 Å². The van der Waals surface area contributed by atoms with Gasteiger partial charge >= 0.3 is 0 Å². The Balaban J connectivity index is 1.94. The second-order valence-corrected chi connectivity index (χ2v) is 6.22. The van der Waals surface area contributed by atoms with Crippen molar-refractivity contribution < 1.29 is 23.8 Å². The van der Waals surface area contributed by atoms with Crippen molar-refractivity contribution in [1.82, 2.24) is 10.2 Å². The Labute approximate surface area is 140 Å². The van der Waals surface area contributed by atoms with Gasteiger partial charge in [-0.05, 0) is 37.5 Å². The lowest BCUT2D eigenvalue weighted by atomic mass is 9.89. The number of piperidine rings is 1. The highest BCUT2D eigenvalue weighted by atomic mass is 19.1. The molecule has 132 valence electrons. The molecule has 2 N–H and O–H groups in total. The summed E-state index contributed by atoms with van der Waals surface area (Å²) in [6, 6.07) is 4.44. The van der Waals surface area contributed by atoms with Crippen LogP contribution in [0.15, 0.2) is 18.2 Å². The van der Waals surface area contributed by atoms with Gasteiger partial charge in [0.2, 0.25) is 5.91 Å². The van der Waals surface area contributed by atoms with Crippen LogP contribution in [0, 0.1) is 12.7 Å². The number of aryl methyl sites for hydroxylation is 1. The van der Waals surface area contributed by atoms with Gasteiger partial charge in [0, 0.05) is 20.1 Å². The standard InChI is InChI=1S/C17H23FN2O4/c1-12-4-5-13(18)14(8-12)24-10-16(22)20-7-3-6-17(23,11-20)9-15(21)19-2/h4-5,8,23H,3,6-7,9-11H2,1-2H3,(H,19,21). The van der Waals surface area contributed by atoms with Crippen LogP contribution in [0.5, 0.6) is 5.75 Å². The minimum atomic E-state index is -1.23. The van der Waals surface area contributed by atoms with E-state index in [2.05, 4.69) is 5.32 Å². The third kappa shape index (κ3) is 4.67. The van der Waals surface area contributed by atoms with E-state index in [0.717, 1.165) is 5.56 Å². The fourth-order valence-corrected chi connectivity index (χ4v) is 2.81. The molecule has 1 aromatic rings. The maximum Gasteiger partial charge on any atom is 0.260 e. The molecule has 2 amide bonds. The van der Waals surface area contributed by atoms with Crippen LogP contribution in [0.25, 0.3) is 0 Å². The van der Waals surface area contributed by atoms with E-state index < -0.39 is 11.4 Å². The maximum absolute atomic E-state index is 13.6. The lowest BCUT2D eigenvalue weighted by Crippen LogP contribution is -2.53. The van der Waals surface area contributed by atoms with E-state index in [1.54, 1.807) is 13.0 Å². The summed E-state index contributed by atoms with van der Waals surface area (Å²) in [4.78, 5) is 25.2. The SMILES string of the molecule is CNC(=O)CC1(O)CCCN(C(=O)COc2cc(C)ccc2F)C1. The molecule has 1 saturated heterocycles. The number of carbonyl (C=O) groups is 2. The normalized spacial score (nSPS) is 20.6. The second kappa shape index (κ2) is 7.61. The van der Waals surface area contributed by atoms with Gasteiger partial charge in [-0.2, -0.15) is 0 Å². The molecule has 1 unspecified atom stereocenters. The topological polar surface area (TPSA) is 78.9 Å². The number of rotatable bonds is 5. The highest BCUT2D eigenvalue weighted by Gasteiger charge is 2.36. The third-order valence-electron chi connectivity index (χ3n) is 4.11. The van der Waals surface area contributed by atoms with Crippen LogP contribution in [-0.2, 0) is 9.59 Å². The predicted molar refractivity (Wildman–Crippen MR) is 86.1 cm³/mol. The van der Waals surface area contributed by atoms with E-state index in [1.165, 1.54) is 24.1 Å². The van der Waals surface area contributed by atoms with Crippen molar-refractivity contribution in [3.63, 3.8) is 0 Å². The first kappa shape index (κ1) is 18.2. The molecule has 6 nitrogen and oxygen atoms in total. The first-order valence-electron chi connectivity index (χ1n) is 7.93. The first-order chi connectivity index (χ1) is 11.3. The second-order valence-electron chi connectivity index (χ2n) is 6.22. The Bertz CT molecular complexity index is 623. The number of hydrogen-bond acceptors (Lipinski definition) is 4. The number of hydrogen-bond donors (Lipinski definition) is 2. The summed E-state index contributed by atoms with van der Waals surface area (Å²) in [6.07, 6.45) is 0.996. The number of β-amino-alcohol motifs (C(OH)–C–C–N with tert-alkyl or cyclic N) is 1. The van der Waals surface area contributed by atoms with Crippen LogP contribution in [0.1, 0.15) is 24.8 Å². The number of amides is 2. The molecule has 0 radical (unpaired) electrons. The first-order valence-corrected chi connectivity index (χ1v) is 7.93. The van der Waals surface area contributed by atoms with Crippen molar-refractivity contribution in [2.75, 3.05) is 26.7 Å². The Morgan fingerprint density at radius 2 is 2.21 bits per heavy atom. The zero-order valence-corrected chi connectivity index (χ0v) is 14.0. The lowest BCUT2D eigenvalue weighted by Gasteiger charge is -2.38. The summed E-state index contributed by atoms with van der Waals surface area (Å²) in [5, 5.41) is 13.0. The van der Waals surface area contributed by atoms with Crippen molar-refractivity contribution >= 4 is 11.8 Å². The number of likely N-dealkylation sites (tertiary alicyclic amines) is 1. The number of ether oxygens (including phenoxy) is 1. The molecule has 0 saturated carbocycles. The minimum absolute atomic E-state index is 0.0287. The molecule has 1 aromatic carbocycles. The van der Waals surface area contributed by atoms with Crippen LogP contribution < -0.4 is 10.1 Å². The Hall–Kier alpha value is -2.15. The Kier molecular flexibility index (Phi) is 5.77. The highest BCUT2D eigenvalue weighted by molar-refractivity contribution is 5.79. The predicted octanol–water partition coefficient (Wildman–Crippen LogP) is 1.00. The summed E-state index contributed by atoms with van der Waals surface area (Å²) >= 11 is 0. The molecule has 1 heterocycles. The molecule has 1 aliphatic rings. The van der Waals surface area contributed by atoms with Crippen molar-refractivity contribution in [1.29, 1.82) is 0 Å². The summed E-state index contributed by atoms with van der Waals surface area (Å²) in [7, 11) is 1.50. The molecule has 2 rings (SSSR count). The monoisotopic (exact) mass is 338 g/mol. The van der Waals surface area contributed by atoms with Crippen LogP contribution in [0.2, 0.25) is 0 Å². The smallest absolute Gasteiger partial charge is 0.260 e. The zero-order valence-electron chi connectivity index (χ0n) is 14.0. The Morgan fingerprint density at radius 3 is 2.92 bits per heavy atom. The molecule has 7 heteroatoms. The number of benzene rings is 1. The van der Waals surface area contributed by atoms with E-state index in [-0.39, 0.29) is 37.1 Å². The summed E-state index contributed by atoms with van der Waals surface area (Å²) in [6.45, 7) is 2.04. The molecule has 0 aliphatic carbocycles. The van der Waals surface area contributed by atoms with Gasteiger partial charge in [-0.15, -0.1) is 0 Å². The average Bonchev–Trinajstić information content (AvgIpc) is 2.54. The van der Waals surface area contributed by atoms with E-state index in [9.17, 15) is 19.1 Å². The van der Waals surface area contributed by atoms with Gasteiger partial charge in [0.1, 0.15) is 0 Å². The van der Waals surface area contributed by atoms with Gasteiger partial charge in [0.25, 0.3) is 5.91 Å². The molecule has 24 heavy (non-hydrogen) atoms. The summed E-state index contributed by atoms with van der Waals surface area (Å²) in [5.74, 6) is -1.11. The Morgan fingerprint density at radius 1 is 1.46 bits per heavy atom. The number of halogens is 1. The van der Waals surface area contributed by atoms with Crippen molar-refractivity contribution in [3.05, 3.63) is 29.6 Å². The number of nitrogens with zero attached hydrogens (tertiary/aromatic N) is 1. The molecule has 0 aromatic heterocycles. The molecule has 1 aliphatic heterocycles. The van der Waals surface area contributed by atoms with Crippen molar-refractivity contribution in [3.8, 4) is 5.75 Å². The molecular weight excluding hydrogens is 315 g/mol. The summed E-state index contributed by atoms with van der Waals surface area (Å²) < 4.78 is 18.9. The summed E-state index contributed by atoms with van der Waals surface area (Å²) in [5.41, 5.74) is -0.403. The average molecular weight is 338 g/mol. The molecular formula is C17H23FN2O4. The van der Waals surface area contributed by atoms with E-state index in [0.29, 0.717) is 19.4 Å². The van der Waals surface area contributed by atoms with E-state index in [4.69, 9.17) is 4.74 Å². The van der Waals surface area contributed by atoms with Gasteiger partial charge in [-0.3, -0.25) is 9.59 Å². The van der Waals surface area contributed by atoms with Crippen LogP contribution >= 0.6 is 0 Å². The van der Waals surface area contributed by atoms with Gasteiger partial charge in [-0.25, -0.2) is 4.39 Å². The van der Waals surface area contributed by atoms with Crippen LogP contribution in [0.3, 0.4) is 0 Å². The largest absolute Gasteiger partial charge is 0.481 e. The van der Waals surface area contributed by atoms with Gasteiger partial charge in [0.05, 0.1) is 12.0 Å². The quantitative estimate of drug-likeness (QED) is 0.840. The maximum atomic E-state index is 13.6. The van der Waals surface area contributed by atoms with Gasteiger partial charge in [-0.1, -0.05) is 6.07 Å². The van der Waals surface area contributed by atoms with Gasteiger partial charge in [0.15, 0.2) is 18.2 Å². The third-order valence-corrected chi connectivity index (χ3v) is 4.11. The molecule has 0 spiro atoms. The lowest BCUT2D eigenvalue weighted by molar-refractivity contribution is -0.144. The fraction of sp³-hybridized carbons (Fsp3) is 0.529. The number of aliphatic hydroxyl groups is 1. The van der Waals surface area contributed by atoms with Crippen molar-refractivity contribution in [2.45, 2.75) is 31.8 Å². The van der Waals surface area contributed by atoms with Crippen LogP contribution in [0.4, 0.5) is 4.39 Å². The molecule has 1 atom stereocenters. The number of nitrogens with one attached hydrogen (secondary N) is 1. The molecule has 1 fully saturated rings. The van der Waals surface area contributed by atoms with Crippen molar-refractivity contribution in [2.24, 2.45) is 0 Å². The van der Waals surface area contributed by atoms with E-state index >= 15 is 0 Å².